The van der Waals surface area contributed by atoms with Gasteiger partial charge in [0.2, 0.25) is 0 Å². The van der Waals surface area contributed by atoms with E-state index in [1.165, 1.54) is 0 Å². The van der Waals surface area contributed by atoms with Gasteiger partial charge in [0, 0.05) is 11.3 Å². The molecule has 0 aliphatic rings. The van der Waals surface area contributed by atoms with Gasteiger partial charge >= 0.3 is 0 Å². The van der Waals surface area contributed by atoms with Crippen LogP contribution in [-0.2, 0) is 0 Å². The Kier molecular flexibility index (Phi) is 2.16. The molecular formula is C7H9N7O. The zero-order chi connectivity index (χ0) is 10.8. The number of hydrogen-bond donors (Lipinski definition) is 3. The second-order valence-corrected chi connectivity index (χ2v) is 3.01. The average molecular weight is 207 g/mol. The second kappa shape index (κ2) is 3.48. The van der Waals surface area contributed by atoms with E-state index in [4.69, 9.17) is 0 Å². The molecule has 8 nitrogen and oxygen atoms in total. The molecule has 0 saturated heterocycles. The molecule has 0 aliphatic heterocycles. The van der Waals surface area contributed by atoms with Gasteiger partial charge in [0.1, 0.15) is 0 Å². The van der Waals surface area contributed by atoms with Crippen molar-refractivity contribution in [3.05, 3.63) is 17.1 Å². The topological polar surface area (TPSA) is 112 Å². The zero-order valence-corrected chi connectivity index (χ0v) is 8.20. The summed E-state index contributed by atoms with van der Waals surface area (Å²) in [6, 6.07) is 0. The maximum atomic E-state index is 11.5. The van der Waals surface area contributed by atoms with Crippen LogP contribution in [0.1, 0.15) is 21.9 Å². The number of aryl methyl sites for hydroxylation is 1. The molecule has 0 radical (unpaired) electrons. The zero-order valence-electron chi connectivity index (χ0n) is 8.20. The van der Waals surface area contributed by atoms with Crippen LogP contribution < -0.4 is 5.32 Å². The Morgan fingerprint density at radius 2 is 2.13 bits per heavy atom. The standard InChI is InChI=1S/C7H9N7O/c1-3-4(2)9-10-5(3)8-7(15)6-11-13-14-12-6/h1-2H3,(H2,8,9,10,15)(H,11,12,13,14). The van der Waals surface area contributed by atoms with Gasteiger partial charge in [-0.3, -0.25) is 9.89 Å². The van der Waals surface area contributed by atoms with E-state index in [0.717, 1.165) is 11.3 Å². The highest BCUT2D eigenvalue weighted by atomic mass is 16.2. The first-order valence-corrected chi connectivity index (χ1v) is 4.25. The van der Waals surface area contributed by atoms with E-state index in [1.54, 1.807) is 0 Å². The molecule has 2 aromatic heterocycles. The molecule has 0 saturated carbocycles. The van der Waals surface area contributed by atoms with Crippen molar-refractivity contribution in [2.45, 2.75) is 13.8 Å². The van der Waals surface area contributed by atoms with Crippen LogP contribution >= 0.6 is 0 Å². The normalized spacial score (nSPS) is 10.3. The highest BCUT2D eigenvalue weighted by Gasteiger charge is 2.14. The van der Waals surface area contributed by atoms with E-state index in [0.29, 0.717) is 5.82 Å². The first-order valence-electron chi connectivity index (χ1n) is 4.25. The van der Waals surface area contributed by atoms with Crippen LogP contribution in [-0.4, -0.2) is 36.7 Å². The lowest BCUT2D eigenvalue weighted by Crippen LogP contribution is -2.14. The fraction of sp³-hybridized carbons (Fsp3) is 0.286. The summed E-state index contributed by atoms with van der Waals surface area (Å²) < 4.78 is 0. The number of rotatable bonds is 2. The molecule has 0 aliphatic carbocycles. The van der Waals surface area contributed by atoms with Crippen molar-refractivity contribution < 1.29 is 4.79 Å². The first-order chi connectivity index (χ1) is 7.18. The summed E-state index contributed by atoms with van der Waals surface area (Å²) in [7, 11) is 0. The van der Waals surface area contributed by atoms with Gasteiger partial charge < -0.3 is 5.32 Å². The Morgan fingerprint density at radius 3 is 2.67 bits per heavy atom. The van der Waals surface area contributed by atoms with Crippen LogP contribution in [0.2, 0.25) is 0 Å². The van der Waals surface area contributed by atoms with Gasteiger partial charge in [-0.1, -0.05) is 0 Å². The number of nitrogens with zero attached hydrogens (tertiary/aromatic N) is 4. The summed E-state index contributed by atoms with van der Waals surface area (Å²) in [6.45, 7) is 3.72. The number of aromatic nitrogens is 6. The number of H-pyrrole nitrogens is 2. The third kappa shape index (κ3) is 1.68. The van der Waals surface area contributed by atoms with Crippen molar-refractivity contribution in [3.8, 4) is 0 Å². The summed E-state index contributed by atoms with van der Waals surface area (Å²) in [6.07, 6.45) is 0. The van der Waals surface area contributed by atoms with Gasteiger partial charge in [-0.15, -0.1) is 10.2 Å². The van der Waals surface area contributed by atoms with Crippen LogP contribution in [0.15, 0.2) is 0 Å². The summed E-state index contributed by atoms with van der Waals surface area (Å²) in [5.41, 5.74) is 1.78. The highest BCUT2D eigenvalue weighted by molar-refractivity contribution is 6.01. The molecule has 8 heteroatoms. The van der Waals surface area contributed by atoms with E-state index in [-0.39, 0.29) is 5.82 Å². The summed E-state index contributed by atoms with van der Waals surface area (Å²) >= 11 is 0. The second-order valence-electron chi connectivity index (χ2n) is 3.01. The Morgan fingerprint density at radius 1 is 1.33 bits per heavy atom. The van der Waals surface area contributed by atoms with Crippen LogP contribution in [0.5, 0.6) is 0 Å². The number of nitrogens with one attached hydrogen (secondary N) is 3. The minimum atomic E-state index is -0.446. The molecule has 0 unspecified atom stereocenters. The van der Waals surface area contributed by atoms with Crippen molar-refractivity contribution in [1.82, 2.24) is 30.8 Å². The predicted molar refractivity (Wildman–Crippen MR) is 50.2 cm³/mol. The van der Waals surface area contributed by atoms with Crippen LogP contribution in [0, 0.1) is 13.8 Å². The summed E-state index contributed by atoms with van der Waals surface area (Å²) in [5, 5.41) is 21.8. The van der Waals surface area contributed by atoms with Gasteiger partial charge in [0.25, 0.3) is 11.7 Å². The average Bonchev–Trinajstić information content (AvgIpc) is 2.83. The number of anilines is 1. The van der Waals surface area contributed by atoms with Crippen molar-refractivity contribution in [1.29, 1.82) is 0 Å². The fourth-order valence-electron chi connectivity index (χ4n) is 1.03. The van der Waals surface area contributed by atoms with Gasteiger partial charge in [-0.25, -0.2) is 0 Å². The fourth-order valence-corrected chi connectivity index (χ4v) is 1.03. The summed E-state index contributed by atoms with van der Waals surface area (Å²) in [4.78, 5) is 11.5. The van der Waals surface area contributed by atoms with E-state index in [9.17, 15) is 4.79 Å². The lowest BCUT2D eigenvalue weighted by molar-refractivity contribution is 0.101. The van der Waals surface area contributed by atoms with Crippen LogP contribution in [0.4, 0.5) is 5.82 Å². The van der Waals surface area contributed by atoms with Crippen molar-refractivity contribution in [3.63, 3.8) is 0 Å². The molecule has 2 heterocycles. The molecule has 78 valence electrons. The van der Waals surface area contributed by atoms with Gasteiger partial charge in [-0.2, -0.15) is 10.3 Å². The number of amides is 1. The third-order valence-electron chi connectivity index (χ3n) is 2.03. The maximum Gasteiger partial charge on any atom is 0.298 e. The van der Waals surface area contributed by atoms with Gasteiger partial charge in [0.05, 0.1) is 0 Å². The van der Waals surface area contributed by atoms with Gasteiger partial charge in [-0.05, 0) is 19.1 Å². The van der Waals surface area contributed by atoms with Crippen molar-refractivity contribution in [2.75, 3.05) is 5.32 Å². The monoisotopic (exact) mass is 207 g/mol. The maximum absolute atomic E-state index is 11.5. The number of aromatic amines is 2. The Bertz CT molecular complexity index is 471. The van der Waals surface area contributed by atoms with Crippen LogP contribution in [0.25, 0.3) is 0 Å². The summed E-state index contributed by atoms with van der Waals surface area (Å²) in [5.74, 6) is 0.00991. The minimum absolute atomic E-state index is 0.0185. The predicted octanol–water partition coefficient (Wildman–Crippen LogP) is -0.208. The molecule has 0 bridgehead atoms. The van der Waals surface area contributed by atoms with E-state index in [2.05, 4.69) is 36.1 Å². The number of carbonyl (C=O) groups is 1. The van der Waals surface area contributed by atoms with E-state index in [1.807, 2.05) is 13.8 Å². The molecule has 0 atom stereocenters. The Hall–Kier alpha value is -2.25. The SMILES string of the molecule is Cc1[nH]nc(NC(=O)c2nn[nH]n2)c1C. The van der Waals surface area contributed by atoms with Crippen molar-refractivity contribution in [2.24, 2.45) is 0 Å². The molecule has 1 amide bonds. The highest BCUT2D eigenvalue weighted by Crippen LogP contribution is 2.13. The first kappa shape index (κ1) is 9.31. The lowest BCUT2D eigenvalue weighted by Gasteiger charge is -1.98. The molecule has 0 fully saturated rings. The van der Waals surface area contributed by atoms with Crippen LogP contribution in [0.3, 0.4) is 0 Å². The minimum Gasteiger partial charge on any atom is -0.302 e. The Balaban J connectivity index is 2.16. The smallest absolute Gasteiger partial charge is 0.298 e. The molecule has 0 aromatic carbocycles. The molecule has 2 aromatic rings. The largest absolute Gasteiger partial charge is 0.302 e. The molecule has 3 N–H and O–H groups in total. The quantitative estimate of drug-likeness (QED) is 0.630. The van der Waals surface area contributed by atoms with E-state index >= 15 is 0 Å². The van der Waals surface area contributed by atoms with Gasteiger partial charge in [0.15, 0.2) is 5.82 Å². The Labute approximate surface area is 84.5 Å². The van der Waals surface area contributed by atoms with E-state index < -0.39 is 5.91 Å². The number of hydrogen-bond acceptors (Lipinski definition) is 5. The third-order valence-corrected chi connectivity index (χ3v) is 2.03. The molecule has 15 heavy (non-hydrogen) atoms. The van der Waals surface area contributed by atoms with Crippen molar-refractivity contribution >= 4 is 11.7 Å². The molecule has 0 spiro atoms. The lowest BCUT2D eigenvalue weighted by atomic mass is 10.3. The number of tetrazole rings is 1. The number of carbonyl (C=O) groups excluding carboxylic acids is 1. The molecular weight excluding hydrogens is 198 g/mol. The molecule has 2 rings (SSSR count).